The lowest BCUT2D eigenvalue weighted by atomic mass is 10.1. The first-order valence-electron chi connectivity index (χ1n) is 9.90. The van der Waals surface area contributed by atoms with Crippen LogP contribution in [-0.2, 0) is 10.0 Å². The van der Waals surface area contributed by atoms with Crippen molar-refractivity contribution in [1.29, 1.82) is 0 Å². The molecule has 2 heterocycles. The van der Waals surface area contributed by atoms with Crippen molar-refractivity contribution in [2.24, 2.45) is 0 Å². The van der Waals surface area contributed by atoms with E-state index in [2.05, 4.69) is 14.9 Å². The predicted molar refractivity (Wildman–Crippen MR) is 113 cm³/mol. The third-order valence-corrected chi connectivity index (χ3v) is 7.39. The molecule has 1 aliphatic heterocycles. The number of sulfonamides is 1. The number of benzene rings is 2. The summed E-state index contributed by atoms with van der Waals surface area (Å²) in [4.78, 5) is 17.2. The number of carbonyl (C=O) groups excluding carboxylic acids is 1. The minimum atomic E-state index is -3.29. The molecule has 2 aliphatic rings. The van der Waals surface area contributed by atoms with Gasteiger partial charge in [-0.3, -0.25) is 9.10 Å². The van der Waals surface area contributed by atoms with Gasteiger partial charge in [-0.2, -0.15) is 0 Å². The van der Waals surface area contributed by atoms with Crippen molar-refractivity contribution in [3.05, 3.63) is 54.4 Å². The van der Waals surface area contributed by atoms with E-state index in [-0.39, 0.29) is 11.7 Å². The van der Waals surface area contributed by atoms with Crippen LogP contribution < -0.4 is 9.62 Å². The van der Waals surface area contributed by atoms with E-state index in [9.17, 15) is 13.2 Å². The van der Waals surface area contributed by atoms with Gasteiger partial charge in [-0.15, -0.1) is 0 Å². The number of rotatable bonds is 4. The molecule has 1 aliphatic carbocycles. The van der Waals surface area contributed by atoms with E-state index < -0.39 is 10.0 Å². The lowest BCUT2D eigenvalue weighted by Crippen LogP contribution is -2.37. The van der Waals surface area contributed by atoms with Crippen LogP contribution in [0.4, 0.5) is 11.4 Å². The summed E-state index contributed by atoms with van der Waals surface area (Å²) in [5.41, 5.74) is 3.52. The average molecular weight is 410 g/mol. The second kappa shape index (κ2) is 6.88. The summed E-state index contributed by atoms with van der Waals surface area (Å²) < 4.78 is 28.3. The number of imidazole rings is 1. The first-order valence-corrected chi connectivity index (χ1v) is 11.5. The minimum absolute atomic E-state index is 0.164. The molecule has 5 rings (SSSR count). The molecule has 1 saturated heterocycles. The molecule has 1 aromatic heterocycles. The fourth-order valence-corrected chi connectivity index (χ4v) is 5.47. The third-order valence-electron chi connectivity index (χ3n) is 5.52. The molecule has 0 unspecified atom stereocenters. The molecular weight excluding hydrogens is 388 g/mol. The molecule has 150 valence electrons. The number of anilines is 2. The van der Waals surface area contributed by atoms with Crippen LogP contribution in [0.1, 0.15) is 42.1 Å². The van der Waals surface area contributed by atoms with Gasteiger partial charge in [-0.05, 0) is 62.1 Å². The van der Waals surface area contributed by atoms with Crippen LogP contribution in [0, 0.1) is 0 Å². The zero-order chi connectivity index (χ0) is 20.0. The summed E-state index contributed by atoms with van der Waals surface area (Å²) in [6.07, 6.45) is 5.72. The van der Waals surface area contributed by atoms with Crippen molar-refractivity contribution in [3.63, 3.8) is 0 Å². The van der Waals surface area contributed by atoms with Gasteiger partial charge >= 0.3 is 0 Å². The van der Waals surface area contributed by atoms with Crippen LogP contribution in [0.3, 0.4) is 0 Å². The summed E-state index contributed by atoms with van der Waals surface area (Å²) in [7, 11) is -3.29. The monoisotopic (exact) mass is 410 g/mol. The van der Waals surface area contributed by atoms with Gasteiger partial charge in [0.1, 0.15) is 0 Å². The van der Waals surface area contributed by atoms with E-state index in [4.69, 9.17) is 0 Å². The van der Waals surface area contributed by atoms with Gasteiger partial charge in [-0.1, -0.05) is 6.07 Å². The van der Waals surface area contributed by atoms with Gasteiger partial charge < -0.3 is 9.88 Å². The van der Waals surface area contributed by atoms with Gasteiger partial charge in [0, 0.05) is 23.8 Å². The van der Waals surface area contributed by atoms with Crippen molar-refractivity contribution in [1.82, 2.24) is 9.55 Å². The molecule has 8 heteroatoms. The van der Waals surface area contributed by atoms with Crippen LogP contribution in [0.15, 0.2) is 48.8 Å². The number of amides is 1. The number of aromatic nitrogens is 2. The quantitative estimate of drug-likeness (QED) is 0.713. The van der Waals surface area contributed by atoms with Crippen LogP contribution in [0.25, 0.3) is 11.0 Å². The Labute approximate surface area is 169 Å². The Balaban J connectivity index is 1.37. The number of fused-ring (bicyclic) bond motifs is 1. The molecule has 1 N–H and O–H groups in total. The molecule has 29 heavy (non-hydrogen) atoms. The Bertz CT molecular complexity index is 1200. The summed E-state index contributed by atoms with van der Waals surface area (Å²) in [5.74, 6) is -0.0802. The first-order chi connectivity index (χ1) is 14.0. The number of nitrogens with one attached hydrogen (secondary N) is 1. The zero-order valence-electron chi connectivity index (χ0n) is 15.9. The summed E-state index contributed by atoms with van der Waals surface area (Å²) in [6.45, 7) is 0.472. The highest BCUT2D eigenvalue weighted by molar-refractivity contribution is 7.92. The van der Waals surface area contributed by atoms with Crippen molar-refractivity contribution >= 4 is 38.3 Å². The van der Waals surface area contributed by atoms with Crippen molar-refractivity contribution < 1.29 is 13.2 Å². The maximum absolute atomic E-state index is 12.7. The first kappa shape index (κ1) is 18.2. The number of hydrogen-bond acceptors (Lipinski definition) is 4. The zero-order valence-corrected chi connectivity index (χ0v) is 16.7. The third kappa shape index (κ3) is 3.48. The van der Waals surface area contributed by atoms with E-state index in [0.29, 0.717) is 35.9 Å². The van der Waals surface area contributed by atoms with Gasteiger partial charge in [0.05, 0.1) is 28.8 Å². The molecule has 0 atom stereocenters. The smallest absolute Gasteiger partial charge is 0.255 e. The second-order valence-corrected chi connectivity index (χ2v) is 9.70. The Morgan fingerprint density at radius 3 is 2.76 bits per heavy atom. The molecule has 0 bridgehead atoms. The van der Waals surface area contributed by atoms with Crippen molar-refractivity contribution in [2.75, 3.05) is 21.9 Å². The highest BCUT2D eigenvalue weighted by atomic mass is 32.2. The maximum Gasteiger partial charge on any atom is 0.255 e. The fraction of sp³-hybridized carbons (Fsp3) is 0.333. The summed E-state index contributed by atoms with van der Waals surface area (Å²) >= 11 is 0. The summed E-state index contributed by atoms with van der Waals surface area (Å²) in [5, 5.41) is 2.88. The Hall–Kier alpha value is -2.87. The van der Waals surface area contributed by atoms with Crippen LogP contribution in [-0.4, -0.2) is 36.2 Å². The lowest BCUT2D eigenvalue weighted by molar-refractivity contribution is 0.102. The molecule has 0 radical (unpaired) electrons. The van der Waals surface area contributed by atoms with E-state index in [0.717, 1.165) is 17.5 Å². The molecular formula is C21H22N4O3S. The van der Waals surface area contributed by atoms with E-state index in [1.54, 1.807) is 36.4 Å². The van der Waals surface area contributed by atoms with Gasteiger partial charge in [-0.25, -0.2) is 13.4 Å². The van der Waals surface area contributed by atoms with E-state index in [1.807, 2.05) is 12.4 Å². The topological polar surface area (TPSA) is 84.3 Å². The van der Waals surface area contributed by atoms with Crippen LogP contribution in [0.5, 0.6) is 0 Å². The van der Waals surface area contributed by atoms with E-state index >= 15 is 0 Å². The standard InChI is InChI=1S/C21H22N4O3S/c26-21(15-6-9-20-19(12-15)22-14-24(20)17-7-8-17)23-16-4-3-5-18(13-16)25-10-1-2-11-29(25,27)28/h3-6,9,12-14,17H,1-2,7-8,10-11H2,(H,23,26). The second-order valence-electron chi connectivity index (χ2n) is 7.69. The molecule has 2 aromatic carbocycles. The Morgan fingerprint density at radius 1 is 1.10 bits per heavy atom. The predicted octanol–water partition coefficient (Wildman–Crippen LogP) is 3.55. The molecule has 2 fully saturated rings. The SMILES string of the molecule is O=C(Nc1cccc(N2CCCCS2(=O)=O)c1)c1ccc2c(c1)ncn2C1CC1. The number of carbonyl (C=O) groups is 1. The minimum Gasteiger partial charge on any atom is -0.327 e. The molecule has 0 spiro atoms. The largest absolute Gasteiger partial charge is 0.327 e. The van der Waals surface area contributed by atoms with Gasteiger partial charge in [0.2, 0.25) is 10.0 Å². The average Bonchev–Trinajstić information content (AvgIpc) is 3.46. The van der Waals surface area contributed by atoms with Crippen molar-refractivity contribution in [3.8, 4) is 0 Å². The highest BCUT2D eigenvalue weighted by Crippen LogP contribution is 2.37. The molecule has 7 nitrogen and oxygen atoms in total. The van der Waals surface area contributed by atoms with E-state index in [1.165, 1.54) is 17.1 Å². The summed E-state index contributed by atoms with van der Waals surface area (Å²) in [6, 6.07) is 13.1. The normalized spacial score (nSPS) is 18.7. The van der Waals surface area contributed by atoms with Crippen LogP contribution >= 0.6 is 0 Å². The molecule has 1 saturated carbocycles. The molecule has 3 aromatic rings. The number of hydrogen-bond donors (Lipinski definition) is 1. The van der Waals surface area contributed by atoms with Crippen molar-refractivity contribution in [2.45, 2.75) is 31.7 Å². The van der Waals surface area contributed by atoms with Crippen LogP contribution in [0.2, 0.25) is 0 Å². The number of nitrogens with zero attached hydrogens (tertiary/aromatic N) is 3. The van der Waals surface area contributed by atoms with Gasteiger partial charge in [0.15, 0.2) is 0 Å². The molecule has 1 amide bonds. The van der Waals surface area contributed by atoms with Gasteiger partial charge in [0.25, 0.3) is 5.91 Å². The Kier molecular flexibility index (Phi) is 4.31. The highest BCUT2D eigenvalue weighted by Gasteiger charge is 2.26. The lowest BCUT2D eigenvalue weighted by Gasteiger charge is -2.28. The Morgan fingerprint density at radius 2 is 1.97 bits per heavy atom. The fourth-order valence-electron chi connectivity index (χ4n) is 3.84. The maximum atomic E-state index is 12.7.